The van der Waals surface area contributed by atoms with E-state index in [1.165, 1.54) is 56.9 Å². The molecule has 2 fully saturated rings. The fraction of sp³-hybridized carbons (Fsp3) is 0.529. The van der Waals surface area contributed by atoms with E-state index in [0.29, 0.717) is 12.1 Å². The summed E-state index contributed by atoms with van der Waals surface area (Å²) in [6.07, 6.45) is 20.8. The molecule has 0 saturated heterocycles. The number of aromatic nitrogens is 8. The summed E-state index contributed by atoms with van der Waals surface area (Å²) in [6, 6.07) is 11.9. The Balaban J connectivity index is 0.000000178. The highest BCUT2D eigenvalue weighted by Gasteiger charge is 2.24. The molecule has 5 aromatic rings. The normalized spacial score (nSPS) is 14.0. The molecule has 1 aromatic carbocycles. The SMILES string of the molecule is CO.OCCCCCn1cnc2c(NC3CC3)ncnc21.c1ccc(CCCCCCn2ncc3c(NC4CC4)ncnc32)cc1. The molecule has 4 aromatic heterocycles. The van der Waals surface area contributed by atoms with Crippen molar-refractivity contribution in [2.24, 2.45) is 0 Å². The van der Waals surface area contributed by atoms with Gasteiger partial charge >= 0.3 is 0 Å². The van der Waals surface area contributed by atoms with Crippen molar-refractivity contribution in [2.45, 2.75) is 102 Å². The molecule has 0 atom stereocenters. The second-order valence-electron chi connectivity index (χ2n) is 11.9. The van der Waals surface area contributed by atoms with Crippen molar-refractivity contribution in [1.82, 2.24) is 39.3 Å². The molecule has 0 radical (unpaired) electrons. The Kier molecular flexibility index (Phi) is 12.6. The van der Waals surface area contributed by atoms with Gasteiger partial charge in [-0.3, -0.25) is 0 Å². The maximum Gasteiger partial charge on any atom is 0.165 e. The topological polar surface area (TPSA) is 152 Å². The van der Waals surface area contributed by atoms with E-state index < -0.39 is 0 Å². The van der Waals surface area contributed by atoms with Gasteiger partial charge in [0, 0.05) is 38.9 Å². The summed E-state index contributed by atoms with van der Waals surface area (Å²) < 4.78 is 4.08. The summed E-state index contributed by atoms with van der Waals surface area (Å²) in [7, 11) is 1.00. The Hall–Kier alpha value is -4.16. The lowest BCUT2D eigenvalue weighted by atomic mass is 10.1. The standard InChI is InChI=1S/C20H25N5.C13H19N5O.CH4O/c1(4-8-16-9-5-3-6-10-16)2-7-13-25-20-18(14-23-25)19(21-15-22-20)24-17-11-12-17;19-7-3-1-2-6-18-9-16-11-12(17-10-4-5-10)14-8-15-13(11)18;1-2/h3,5-6,9-10,14-15,17H,1-2,4,7-8,11-13H2,(H,21,22,24);8-10,19H,1-7H2,(H,14,15,17);2H,1H3. The van der Waals surface area contributed by atoms with Crippen molar-refractivity contribution in [1.29, 1.82) is 0 Å². The van der Waals surface area contributed by atoms with Crippen molar-refractivity contribution in [3.8, 4) is 0 Å². The van der Waals surface area contributed by atoms with Gasteiger partial charge in [0.2, 0.25) is 0 Å². The molecule has 0 aliphatic heterocycles. The zero-order chi connectivity index (χ0) is 32.0. The maximum absolute atomic E-state index is 8.77. The molecular formula is C34H48N10O2. The first kappa shape index (κ1) is 33.2. The molecule has 7 rings (SSSR count). The van der Waals surface area contributed by atoms with Crippen LogP contribution in [0.1, 0.15) is 76.2 Å². The number of fused-ring (bicyclic) bond motifs is 2. The van der Waals surface area contributed by atoms with Crippen LogP contribution < -0.4 is 10.6 Å². The first-order chi connectivity index (χ1) is 22.8. The molecule has 4 heterocycles. The molecule has 4 N–H and O–H groups in total. The van der Waals surface area contributed by atoms with Gasteiger partial charge in [-0.1, -0.05) is 43.2 Å². The highest BCUT2D eigenvalue weighted by molar-refractivity contribution is 5.86. The Labute approximate surface area is 270 Å². The Morgan fingerprint density at radius 1 is 0.717 bits per heavy atom. The third kappa shape index (κ3) is 9.67. The molecule has 12 heteroatoms. The minimum Gasteiger partial charge on any atom is -0.400 e. The van der Waals surface area contributed by atoms with Gasteiger partial charge in [0.15, 0.2) is 17.1 Å². The van der Waals surface area contributed by atoms with Gasteiger partial charge in [0.05, 0.1) is 17.9 Å². The third-order valence-corrected chi connectivity index (χ3v) is 8.16. The second kappa shape index (κ2) is 17.5. The van der Waals surface area contributed by atoms with E-state index in [1.54, 1.807) is 12.7 Å². The zero-order valence-electron chi connectivity index (χ0n) is 26.9. The number of hydrogen-bond acceptors (Lipinski definition) is 10. The number of benzene rings is 1. The summed E-state index contributed by atoms with van der Waals surface area (Å²) in [5, 5.41) is 28.2. The minimum atomic E-state index is 0.266. The number of nitrogens with one attached hydrogen (secondary N) is 2. The molecule has 246 valence electrons. The van der Waals surface area contributed by atoms with Gasteiger partial charge in [-0.2, -0.15) is 5.10 Å². The average molecular weight is 629 g/mol. The first-order valence-electron chi connectivity index (χ1n) is 16.7. The minimum absolute atomic E-state index is 0.266. The molecule has 0 bridgehead atoms. The van der Waals surface area contributed by atoms with Gasteiger partial charge < -0.3 is 25.4 Å². The van der Waals surface area contributed by atoms with E-state index in [9.17, 15) is 0 Å². The number of hydrogen-bond donors (Lipinski definition) is 4. The van der Waals surface area contributed by atoms with Crippen LogP contribution in [0, 0.1) is 0 Å². The Morgan fingerprint density at radius 2 is 1.37 bits per heavy atom. The Bertz CT molecular complexity index is 1600. The molecule has 12 nitrogen and oxygen atoms in total. The van der Waals surface area contributed by atoms with Crippen LogP contribution in [0.15, 0.2) is 55.5 Å². The smallest absolute Gasteiger partial charge is 0.165 e. The van der Waals surface area contributed by atoms with Crippen LogP contribution in [0.25, 0.3) is 22.2 Å². The van der Waals surface area contributed by atoms with Gasteiger partial charge in [0.25, 0.3) is 0 Å². The largest absolute Gasteiger partial charge is 0.400 e. The van der Waals surface area contributed by atoms with Crippen molar-refractivity contribution < 1.29 is 10.2 Å². The van der Waals surface area contributed by atoms with E-state index in [2.05, 4.69) is 75.6 Å². The quantitative estimate of drug-likeness (QED) is 0.105. The van der Waals surface area contributed by atoms with Gasteiger partial charge in [0.1, 0.15) is 24.0 Å². The van der Waals surface area contributed by atoms with Gasteiger partial charge in [-0.05, 0) is 69.8 Å². The fourth-order valence-electron chi connectivity index (χ4n) is 5.32. The number of unbranched alkanes of at least 4 members (excludes halogenated alkanes) is 5. The molecule has 0 spiro atoms. The van der Waals surface area contributed by atoms with Crippen molar-refractivity contribution in [2.75, 3.05) is 24.4 Å². The number of aryl methyl sites for hydroxylation is 3. The lowest BCUT2D eigenvalue weighted by Gasteiger charge is -2.06. The summed E-state index contributed by atoms with van der Waals surface area (Å²) in [5.41, 5.74) is 4.13. The van der Waals surface area contributed by atoms with Crippen LogP contribution in [0.2, 0.25) is 0 Å². The molecule has 2 aliphatic carbocycles. The van der Waals surface area contributed by atoms with Crippen LogP contribution >= 0.6 is 0 Å². The lowest BCUT2D eigenvalue weighted by Crippen LogP contribution is -2.05. The summed E-state index contributed by atoms with van der Waals surface area (Å²) in [5.74, 6) is 1.78. The fourth-order valence-corrected chi connectivity index (χ4v) is 5.32. The van der Waals surface area contributed by atoms with Crippen LogP contribution in [-0.4, -0.2) is 75.3 Å². The van der Waals surface area contributed by atoms with E-state index in [-0.39, 0.29) is 6.61 Å². The number of nitrogens with zero attached hydrogens (tertiary/aromatic N) is 8. The highest BCUT2D eigenvalue weighted by atomic mass is 16.3. The summed E-state index contributed by atoms with van der Waals surface area (Å²) in [6.45, 7) is 2.08. The second-order valence-corrected chi connectivity index (χ2v) is 11.9. The van der Waals surface area contributed by atoms with Crippen molar-refractivity contribution in [3.05, 3.63) is 61.1 Å². The van der Waals surface area contributed by atoms with Crippen LogP contribution in [-0.2, 0) is 19.5 Å². The number of rotatable bonds is 16. The molecule has 2 aliphatic rings. The highest BCUT2D eigenvalue weighted by Crippen LogP contribution is 2.28. The molecular weight excluding hydrogens is 580 g/mol. The van der Waals surface area contributed by atoms with Crippen LogP contribution in [0.4, 0.5) is 11.6 Å². The van der Waals surface area contributed by atoms with E-state index in [0.717, 1.165) is 79.7 Å². The summed E-state index contributed by atoms with van der Waals surface area (Å²) >= 11 is 0. The first-order valence-corrected chi connectivity index (χ1v) is 16.7. The van der Waals surface area contributed by atoms with Crippen molar-refractivity contribution in [3.63, 3.8) is 0 Å². The van der Waals surface area contributed by atoms with E-state index in [1.807, 2.05) is 17.2 Å². The lowest BCUT2D eigenvalue weighted by molar-refractivity contribution is 0.282. The Morgan fingerprint density at radius 3 is 2.11 bits per heavy atom. The number of aliphatic hydroxyl groups is 2. The van der Waals surface area contributed by atoms with Crippen LogP contribution in [0.5, 0.6) is 0 Å². The van der Waals surface area contributed by atoms with E-state index >= 15 is 0 Å². The molecule has 0 unspecified atom stereocenters. The average Bonchev–Trinajstić information content (AvgIpc) is 4.02. The van der Waals surface area contributed by atoms with Gasteiger partial charge in [-0.15, -0.1) is 0 Å². The predicted octanol–water partition coefficient (Wildman–Crippen LogP) is 5.38. The monoisotopic (exact) mass is 628 g/mol. The molecule has 2 saturated carbocycles. The van der Waals surface area contributed by atoms with Gasteiger partial charge in [-0.25, -0.2) is 29.6 Å². The third-order valence-electron chi connectivity index (χ3n) is 8.16. The number of anilines is 2. The number of imidazole rings is 1. The van der Waals surface area contributed by atoms with Crippen molar-refractivity contribution >= 4 is 33.8 Å². The molecule has 46 heavy (non-hydrogen) atoms. The summed E-state index contributed by atoms with van der Waals surface area (Å²) in [4.78, 5) is 21.8. The van der Waals surface area contributed by atoms with E-state index in [4.69, 9.17) is 10.2 Å². The zero-order valence-corrected chi connectivity index (χ0v) is 26.9. The predicted molar refractivity (Wildman–Crippen MR) is 182 cm³/mol. The van der Waals surface area contributed by atoms with Crippen LogP contribution in [0.3, 0.4) is 0 Å². The maximum atomic E-state index is 8.77. The molecule has 0 amide bonds. The number of aliphatic hydroxyl groups excluding tert-OH is 2.